The summed E-state index contributed by atoms with van der Waals surface area (Å²) in [6, 6.07) is 7.20. The number of ether oxygens (including phenoxy) is 1. The molecule has 2 atom stereocenters. The zero-order valence-corrected chi connectivity index (χ0v) is 13.5. The van der Waals surface area contributed by atoms with Crippen molar-refractivity contribution in [1.82, 2.24) is 15.2 Å². The SMILES string of the molecule is O=C1N[C@@H](Cc2c[nH]c3ccccc23)C(=O)N1CC[C@@H]1CCCO1. The fourth-order valence-electron chi connectivity index (χ4n) is 3.59. The number of H-pyrrole nitrogens is 1. The van der Waals surface area contributed by atoms with E-state index in [0.717, 1.165) is 42.3 Å². The highest BCUT2D eigenvalue weighted by Gasteiger charge is 2.38. The summed E-state index contributed by atoms with van der Waals surface area (Å²) in [6.07, 6.45) is 5.40. The number of carbonyl (C=O) groups is 2. The van der Waals surface area contributed by atoms with E-state index in [-0.39, 0.29) is 18.0 Å². The monoisotopic (exact) mass is 327 g/mol. The van der Waals surface area contributed by atoms with E-state index >= 15 is 0 Å². The average Bonchev–Trinajstić information content (AvgIpc) is 3.29. The van der Waals surface area contributed by atoms with E-state index in [1.165, 1.54) is 4.90 Å². The number of benzene rings is 1. The molecule has 0 spiro atoms. The van der Waals surface area contributed by atoms with Crippen LogP contribution in [0.2, 0.25) is 0 Å². The molecule has 1 aromatic heterocycles. The number of carbonyl (C=O) groups excluding carboxylic acids is 2. The summed E-state index contributed by atoms with van der Waals surface area (Å²) in [5.74, 6) is -0.136. The lowest BCUT2D eigenvalue weighted by Gasteiger charge is -2.15. The number of rotatable bonds is 5. The number of urea groups is 1. The van der Waals surface area contributed by atoms with E-state index in [2.05, 4.69) is 10.3 Å². The van der Waals surface area contributed by atoms with Crippen molar-refractivity contribution in [3.8, 4) is 0 Å². The Morgan fingerprint density at radius 2 is 2.12 bits per heavy atom. The van der Waals surface area contributed by atoms with Crippen LogP contribution in [-0.2, 0) is 16.0 Å². The maximum Gasteiger partial charge on any atom is 0.324 e. The number of hydrogen-bond donors (Lipinski definition) is 2. The third-order valence-corrected chi connectivity index (χ3v) is 4.90. The van der Waals surface area contributed by atoms with Gasteiger partial charge in [-0.1, -0.05) is 18.2 Å². The van der Waals surface area contributed by atoms with Crippen LogP contribution in [0.1, 0.15) is 24.8 Å². The van der Waals surface area contributed by atoms with Gasteiger partial charge in [-0.25, -0.2) is 4.79 Å². The lowest BCUT2D eigenvalue weighted by Crippen LogP contribution is -2.34. The molecule has 0 unspecified atom stereocenters. The van der Waals surface area contributed by atoms with Crippen LogP contribution in [-0.4, -0.2) is 47.1 Å². The molecule has 2 N–H and O–H groups in total. The Labute approximate surface area is 140 Å². The summed E-state index contributed by atoms with van der Waals surface area (Å²) < 4.78 is 5.57. The molecule has 4 rings (SSSR count). The van der Waals surface area contributed by atoms with Crippen LogP contribution in [0.15, 0.2) is 30.5 Å². The molecular formula is C18H21N3O3. The molecule has 2 fully saturated rings. The first-order valence-electron chi connectivity index (χ1n) is 8.51. The quantitative estimate of drug-likeness (QED) is 0.827. The molecule has 2 saturated heterocycles. The highest BCUT2D eigenvalue weighted by Crippen LogP contribution is 2.22. The van der Waals surface area contributed by atoms with Crippen molar-refractivity contribution in [2.75, 3.05) is 13.2 Å². The fourth-order valence-corrected chi connectivity index (χ4v) is 3.59. The Hall–Kier alpha value is -2.34. The van der Waals surface area contributed by atoms with Gasteiger partial charge in [-0.3, -0.25) is 9.69 Å². The Morgan fingerprint density at radius 1 is 1.25 bits per heavy atom. The van der Waals surface area contributed by atoms with E-state index in [4.69, 9.17) is 4.74 Å². The maximum atomic E-state index is 12.6. The van der Waals surface area contributed by atoms with Crippen molar-refractivity contribution in [1.29, 1.82) is 0 Å². The first-order chi connectivity index (χ1) is 11.7. The second kappa shape index (κ2) is 6.28. The van der Waals surface area contributed by atoms with Crippen molar-refractivity contribution < 1.29 is 14.3 Å². The summed E-state index contributed by atoms with van der Waals surface area (Å²) >= 11 is 0. The van der Waals surface area contributed by atoms with Gasteiger partial charge in [-0.2, -0.15) is 0 Å². The highest BCUT2D eigenvalue weighted by molar-refractivity contribution is 6.04. The van der Waals surface area contributed by atoms with Crippen molar-refractivity contribution >= 4 is 22.8 Å². The predicted octanol–water partition coefficient (Wildman–Crippen LogP) is 2.20. The minimum absolute atomic E-state index is 0.136. The van der Waals surface area contributed by atoms with Gasteiger partial charge in [-0.05, 0) is 30.9 Å². The van der Waals surface area contributed by atoms with Crippen molar-refractivity contribution in [3.63, 3.8) is 0 Å². The average molecular weight is 327 g/mol. The molecule has 6 nitrogen and oxygen atoms in total. The molecule has 0 radical (unpaired) electrons. The first-order valence-corrected chi connectivity index (χ1v) is 8.51. The molecule has 3 amide bonds. The molecule has 2 aromatic rings. The van der Waals surface area contributed by atoms with Crippen LogP contribution in [0.3, 0.4) is 0 Å². The number of hydrogen-bond acceptors (Lipinski definition) is 3. The van der Waals surface area contributed by atoms with Crippen molar-refractivity contribution in [3.05, 3.63) is 36.0 Å². The van der Waals surface area contributed by atoms with Gasteiger partial charge in [0.2, 0.25) is 0 Å². The van der Waals surface area contributed by atoms with Gasteiger partial charge in [0.05, 0.1) is 6.10 Å². The number of aromatic amines is 1. The van der Waals surface area contributed by atoms with Crippen LogP contribution >= 0.6 is 0 Å². The van der Waals surface area contributed by atoms with Crippen LogP contribution in [0, 0.1) is 0 Å². The lowest BCUT2D eigenvalue weighted by atomic mass is 10.0. The summed E-state index contributed by atoms with van der Waals surface area (Å²) in [7, 11) is 0. The normalized spacial score (nSPS) is 24.1. The second-order valence-corrected chi connectivity index (χ2v) is 6.48. The predicted molar refractivity (Wildman–Crippen MR) is 89.6 cm³/mol. The number of aromatic nitrogens is 1. The number of fused-ring (bicyclic) bond motifs is 1. The molecule has 2 aliphatic rings. The highest BCUT2D eigenvalue weighted by atomic mass is 16.5. The van der Waals surface area contributed by atoms with E-state index in [1.807, 2.05) is 30.5 Å². The van der Waals surface area contributed by atoms with Crippen molar-refractivity contribution in [2.45, 2.75) is 37.8 Å². The Bertz CT molecular complexity index is 764. The minimum atomic E-state index is -0.485. The molecule has 24 heavy (non-hydrogen) atoms. The second-order valence-electron chi connectivity index (χ2n) is 6.48. The topological polar surface area (TPSA) is 74.4 Å². The Balaban J connectivity index is 1.43. The van der Waals surface area contributed by atoms with Gasteiger partial charge in [0.1, 0.15) is 6.04 Å². The number of imide groups is 1. The smallest absolute Gasteiger partial charge is 0.324 e. The van der Waals surface area contributed by atoms with Gasteiger partial charge < -0.3 is 15.0 Å². The summed E-state index contributed by atoms with van der Waals surface area (Å²) in [5.41, 5.74) is 2.09. The van der Waals surface area contributed by atoms with Crippen LogP contribution in [0.25, 0.3) is 10.9 Å². The number of para-hydroxylation sites is 1. The zero-order valence-electron chi connectivity index (χ0n) is 13.5. The Morgan fingerprint density at radius 3 is 2.96 bits per heavy atom. The molecule has 2 aliphatic heterocycles. The molecule has 0 saturated carbocycles. The summed E-state index contributed by atoms with van der Waals surface area (Å²) in [6.45, 7) is 1.22. The van der Waals surface area contributed by atoms with Gasteiger partial charge in [0.25, 0.3) is 5.91 Å². The third-order valence-electron chi connectivity index (χ3n) is 4.90. The fraction of sp³-hybridized carbons (Fsp3) is 0.444. The minimum Gasteiger partial charge on any atom is -0.378 e. The number of nitrogens with one attached hydrogen (secondary N) is 2. The van der Waals surface area contributed by atoms with Crippen LogP contribution in [0.4, 0.5) is 4.79 Å². The van der Waals surface area contributed by atoms with Gasteiger partial charge in [0, 0.05) is 36.7 Å². The number of amides is 3. The molecule has 126 valence electrons. The molecule has 1 aromatic carbocycles. The zero-order chi connectivity index (χ0) is 16.5. The molecule has 3 heterocycles. The van der Waals surface area contributed by atoms with E-state index in [9.17, 15) is 9.59 Å². The Kier molecular flexibility index (Phi) is 3.98. The van der Waals surface area contributed by atoms with Gasteiger partial charge in [-0.15, -0.1) is 0 Å². The lowest BCUT2D eigenvalue weighted by molar-refractivity contribution is -0.127. The van der Waals surface area contributed by atoms with Gasteiger partial charge in [0.15, 0.2) is 0 Å². The van der Waals surface area contributed by atoms with Crippen molar-refractivity contribution in [2.24, 2.45) is 0 Å². The maximum absolute atomic E-state index is 12.6. The van der Waals surface area contributed by atoms with Crippen LogP contribution < -0.4 is 5.32 Å². The largest absolute Gasteiger partial charge is 0.378 e. The summed E-state index contributed by atoms with van der Waals surface area (Å²) in [4.78, 5) is 29.3. The summed E-state index contributed by atoms with van der Waals surface area (Å²) in [5, 5.41) is 3.91. The molecule has 0 aliphatic carbocycles. The third kappa shape index (κ3) is 2.78. The van der Waals surface area contributed by atoms with Gasteiger partial charge >= 0.3 is 6.03 Å². The standard InChI is InChI=1S/C18H21N3O3/c22-17-16(10-12-11-19-15-6-2-1-5-14(12)15)20-18(23)21(17)8-7-13-4-3-9-24-13/h1-2,5-6,11,13,16,19H,3-4,7-10H2,(H,20,23)/t13-,16-/m0/s1. The van der Waals surface area contributed by atoms with Crippen LogP contribution in [0.5, 0.6) is 0 Å². The van der Waals surface area contributed by atoms with E-state index < -0.39 is 6.04 Å². The molecular weight excluding hydrogens is 306 g/mol. The number of nitrogens with zero attached hydrogens (tertiary/aromatic N) is 1. The molecule has 6 heteroatoms. The van der Waals surface area contributed by atoms with E-state index in [1.54, 1.807) is 0 Å². The first kappa shape index (κ1) is 15.2. The van der Waals surface area contributed by atoms with E-state index in [0.29, 0.717) is 13.0 Å². The molecule has 0 bridgehead atoms.